The minimum atomic E-state index is -2.19. The molecule has 1 heterocycles. The van der Waals surface area contributed by atoms with Gasteiger partial charge in [-0.3, -0.25) is 0 Å². The minimum Gasteiger partial charge on any atom is -0.505 e. The van der Waals surface area contributed by atoms with Gasteiger partial charge in [0.25, 0.3) is 0 Å². The van der Waals surface area contributed by atoms with E-state index in [0.717, 1.165) is 6.07 Å². The molecule has 0 saturated heterocycles. The third-order valence-corrected chi connectivity index (χ3v) is 2.91. The largest absolute Gasteiger partial charge is 0.505 e. The standard InChI is InChI=1S/C13H6ClF4NO3/c1-4-2-3-5(20)11(19-4)13(21)22-12-6(14)7(15)8(16)9(17)10(12)18/h2-3,20H,1H3. The first kappa shape index (κ1) is 16.0. The van der Waals surface area contributed by atoms with E-state index in [1.54, 1.807) is 0 Å². The van der Waals surface area contributed by atoms with Crippen molar-refractivity contribution in [2.45, 2.75) is 6.92 Å². The van der Waals surface area contributed by atoms with Crippen LogP contribution >= 0.6 is 11.6 Å². The van der Waals surface area contributed by atoms with Gasteiger partial charge in [-0.25, -0.2) is 22.9 Å². The number of pyridine rings is 1. The normalized spacial score (nSPS) is 10.6. The third kappa shape index (κ3) is 2.69. The molecule has 0 aliphatic carbocycles. The number of carbonyl (C=O) groups is 1. The summed E-state index contributed by atoms with van der Waals surface area (Å²) in [7, 11) is 0. The molecule has 0 aliphatic heterocycles. The molecule has 22 heavy (non-hydrogen) atoms. The Labute approximate surface area is 125 Å². The van der Waals surface area contributed by atoms with Gasteiger partial charge in [0.15, 0.2) is 23.1 Å². The smallest absolute Gasteiger partial charge is 0.366 e. The zero-order valence-corrected chi connectivity index (χ0v) is 11.5. The number of aryl methyl sites for hydroxylation is 1. The van der Waals surface area contributed by atoms with Crippen LogP contribution in [0.25, 0.3) is 0 Å². The quantitative estimate of drug-likeness (QED) is 0.300. The number of rotatable bonds is 2. The van der Waals surface area contributed by atoms with Crippen molar-refractivity contribution in [1.29, 1.82) is 0 Å². The topological polar surface area (TPSA) is 59.4 Å². The minimum absolute atomic E-state index is 0.313. The van der Waals surface area contributed by atoms with Crippen LogP contribution in [-0.2, 0) is 0 Å². The maximum Gasteiger partial charge on any atom is 0.366 e. The van der Waals surface area contributed by atoms with E-state index >= 15 is 0 Å². The molecule has 1 aromatic carbocycles. The number of carbonyl (C=O) groups excluding carboxylic acids is 1. The van der Waals surface area contributed by atoms with Gasteiger partial charge in [-0.1, -0.05) is 11.6 Å². The molecule has 0 radical (unpaired) electrons. The lowest BCUT2D eigenvalue weighted by Gasteiger charge is -2.10. The van der Waals surface area contributed by atoms with Crippen LogP contribution in [0.2, 0.25) is 5.02 Å². The number of hydrogen-bond donors (Lipinski definition) is 1. The van der Waals surface area contributed by atoms with E-state index in [9.17, 15) is 27.5 Å². The highest BCUT2D eigenvalue weighted by Crippen LogP contribution is 2.35. The molecule has 0 saturated carbocycles. The van der Waals surface area contributed by atoms with Crippen molar-refractivity contribution in [3.05, 3.63) is 51.8 Å². The summed E-state index contributed by atoms with van der Waals surface area (Å²) in [6.07, 6.45) is 0. The molecular formula is C13H6ClF4NO3. The van der Waals surface area contributed by atoms with Gasteiger partial charge >= 0.3 is 5.97 Å². The average Bonchev–Trinajstić information content (AvgIpc) is 2.49. The van der Waals surface area contributed by atoms with E-state index in [2.05, 4.69) is 9.72 Å². The number of aromatic hydroxyl groups is 1. The van der Waals surface area contributed by atoms with Crippen LogP contribution in [0.5, 0.6) is 11.5 Å². The predicted molar refractivity (Wildman–Crippen MR) is 66.9 cm³/mol. The Morgan fingerprint density at radius 1 is 1.14 bits per heavy atom. The van der Waals surface area contributed by atoms with Gasteiger partial charge in [0.1, 0.15) is 10.8 Å². The van der Waals surface area contributed by atoms with Crippen molar-refractivity contribution in [2.75, 3.05) is 0 Å². The second-order valence-electron chi connectivity index (χ2n) is 4.11. The predicted octanol–water partition coefficient (Wildman–Crippen LogP) is 3.52. The summed E-state index contributed by atoms with van der Waals surface area (Å²) < 4.78 is 57.3. The third-order valence-electron chi connectivity index (χ3n) is 2.57. The van der Waals surface area contributed by atoms with Gasteiger partial charge in [-0.2, -0.15) is 4.39 Å². The molecule has 1 aromatic heterocycles. The van der Waals surface area contributed by atoms with Crippen LogP contribution < -0.4 is 4.74 Å². The number of ether oxygens (including phenoxy) is 1. The van der Waals surface area contributed by atoms with E-state index < -0.39 is 51.5 Å². The van der Waals surface area contributed by atoms with Crippen LogP contribution in [0.1, 0.15) is 16.2 Å². The summed E-state index contributed by atoms with van der Waals surface area (Å²) in [4.78, 5) is 15.4. The first-order valence-corrected chi connectivity index (χ1v) is 6.02. The molecule has 2 rings (SSSR count). The molecule has 0 bridgehead atoms. The second-order valence-corrected chi connectivity index (χ2v) is 4.49. The van der Waals surface area contributed by atoms with E-state index in [0.29, 0.717) is 5.69 Å². The number of nitrogens with zero attached hydrogens (tertiary/aromatic N) is 1. The second kappa shape index (κ2) is 5.80. The highest BCUT2D eigenvalue weighted by molar-refractivity contribution is 6.32. The van der Waals surface area contributed by atoms with Crippen LogP contribution in [0.15, 0.2) is 12.1 Å². The van der Waals surface area contributed by atoms with Crippen molar-refractivity contribution >= 4 is 17.6 Å². The molecular weight excluding hydrogens is 330 g/mol. The molecule has 9 heteroatoms. The number of esters is 1. The first-order chi connectivity index (χ1) is 10.2. The molecule has 0 fully saturated rings. The summed E-state index contributed by atoms with van der Waals surface area (Å²) >= 11 is 5.30. The van der Waals surface area contributed by atoms with Crippen molar-refractivity contribution in [3.8, 4) is 11.5 Å². The summed E-state index contributed by atoms with van der Waals surface area (Å²) in [6, 6.07) is 2.49. The molecule has 0 atom stereocenters. The summed E-state index contributed by atoms with van der Waals surface area (Å²) in [5.74, 6) is -11.6. The fourth-order valence-electron chi connectivity index (χ4n) is 1.51. The number of benzene rings is 1. The van der Waals surface area contributed by atoms with Gasteiger partial charge in [-0.15, -0.1) is 0 Å². The Balaban J connectivity index is 2.47. The summed E-state index contributed by atoms with van der Waals surface area (Å²) in [5, 5.41) is 8.22. The molecule has 116 valence electrons. The van der Waals surface area contributed by atoms with Gasteiger partial charge in [-0.05, 0) is 19.1 Å². The fraction of sp³-hybridized carbons (Fsp3) is 0.0769. The number of hydrogen-bond acceptors (Lipinski definition) is 4. The molecule has 0 unspecified atom stereocenters. The molecule has 0 aliphatic rings. The zero-order valence-electron chi connectivity index (χ0n) is 10.8. The van der Waals surface area contributed by atoms with Gasteiger partial charge in [0, 0.05) is 5.69 Å². The van der Waals surface area contributed by atoms with E-state index in [-0.39, 0.29) is 0 Å². The van der Waals surface area contributed by atoms with Crippen molar-refractivity contribution < 1.29 is 32.2 Å². The molecule has 0 spiro atoms. The van der Waals surface area contributed by atoms with Crippen LogP contribution in [-0.4, -0.2) is 16.1 Å². The van der Waals surface area contributed by atoms with Crippen molar-refractivity contribution in [1.82, 2.24) is 4.98 Å². The lowest BCUT2D eigenvalue weighted by Crippen LogP contribution is -2.14. The molecule has 4 nitrogen and oxygen atoms in total. The molecule has 2 aromatic rings. The number of aromatic nitrogens is 1. The maximum atomic E-state index is 13.5. The Morgan fingerprint density at radius 3 is 2.36 bits per heavy atom. The Morgan fingerprint density at radius 2 is 1.73 bits per heavy atom. The van der Waals surface area contributed by atoms with Gasteiger partial charge in [0.2, 0.25) is 11.6 Å². The van der Waals surface area contributed by atoms with Crippen LogP contribution in [0.3, 0.4) is 0 Å². The lowest BCUT2D eigenvalue weighted by molar-refractivity contribution is 0.0715. The number of halogens is 5. The Hall–Kier alpha value is -2.35. The SMILES string of the molecule is Cc1ccc(O)c(C(=O)Oc2c(F)c(F)c(F)c(F)c2Cl)n1. The van der Waals surface area contributed by atoms with E-state index in [4.69, 9.17) is 11.6 Å². The zero-order chi connectivity index (χ0) is 16.6. The van der Waals surface area contributed by atoms with E-state index in [1.807, 2.05) is 0 Å². The summed E-state index contributed by atoms with van der Waals surface area (Å²) in [5.41, 5.74) is -0.312. The first-order valence-electron chi connectivity index (χ1n) is 5.64. The fourth-order valence-corrected chi connectivity index (χ4v) is 1.72. The molecule has 1 N–H and O–H groups in total. The monoisotopic (exact) mass is 335 g/mol. The van der Waals surface area contributed by atoms with Gasteiger partial charge < -0.3 is 9.84 Å². The van der Waals surface area contributed by atoms with E-state index in [1.165, 1.54) is 13.0 Å². The van der Waals surface area contributed by atoms with Crippen LogP contribution in [0, 0.1) is 30.2 Å². The average molecular weight is 336 g/mol. The molecule has 0 amide bonds. The highest BCUT2D eigenvalue weighted by atomic mass is 35.5. The summed E-state index contributed by atoms with van der Waals surface area (Å²) in [6.45, 7) is 1.49. The lowest BCUT2D eigenvalue weighted by atomic mass is 10.2. The van der Waals surface area contributed by atoms with Crippen molar-refractivity contribution in [3.63, 3.8) is 0 Å². The van der Waals surface area contributed by atoms with Crippen molar-refractivity contribution in [2.24, 2.45) is 0 Å². The Bertz CT molecular complexity index is 753. The van der Waals surface area contributed by atoms with Gasteiger partial charge in [0.05, 0.1) is 0 Å². The highest BCUT2D eigenvalue weighted by Gasteiger charge is 2.28. The Kier molecular flexibility index (Phi) is 4.23. The maximum absolute atomic E-state index is 13.5. The van der Waals surface area contributed by atoms with Crippen LogP contribution in [0.4, 0.5) is 17.6 Å².